The number of nitrogens with one attached hydrogen (secondary N) is 1. The average Bonchev–Trinajstić information content (AvgIpc) is 2.92. The summed E-state index contributed by atoms with van der Waals surface area (Å²) < 4.78 is 13.8. The molecule has 0 atom stereocenters. The molecule has 0 saturated carbocycles. The second kappa shape index (κ2) is 8.39. The van der Waals surface area contributed by atoms with Gasteiger partial charge >= 0.3 is 0 Å². The second-order valence-corrected chi connectivity index (χ2v) is 7.48. The van der Waals surface area contributed by atoms with Crippen LogP contribution in [-0.2, 0) is 4.79 Å². The van der Waals surface area contributed by atoms with Crippen molar-refractivity contribution in [1.82, 2.24) is 10.2 Å². The Kier molecular flexibility index (Phi) is 5.94. The van der Waals surface area contributed by atoms with E-state index in [0.29, 0.717) is 4.91 Å². The third-order valence-electron chi connectivity index (χ3n) is 4.24. The zero-order valence-corrected chi connectivity index (χ0v) is 16.3. The van der Waals surface area contributed by atoms with E-state index in [4.69, 9.17) is 0 Å². The fourth-order valence-electron chi connectivity index (χ4n) is 2.70. The highest BCUT2D eigenvalue weighted by atomic mass is 32.2. The van der Waals surface area contributed by atoms with Crippen LogP contribution < -0.4 is 5.32 Å². The van der Waals surface area contributed by atoms with Crippen LogP contribution in [0.4, 0.5) is 9.18 Å². The van der Waals surface area contributed by atoms with Crippen molar-refractivity contribution in [2.24, 2.45) is 0 Å². The SMILES string of the molecule is Cc1ccc(/C=C2\SC(=O)N(CCNC(=O)c3cc(C)ccc3F)C2=O)cc1. The predicted octanol–water partition coefficient (Wildman–Crippen LogP) is 3.91. The number of carbonyl (C=O) groups excluding carboxylic acids is 3. The van der Waals surface area contributed by atoms with Crippen molar-refractivity contribution in [2.75, 3.05) is 13.1 Å². The maximum absolute atomic E-state index is 13.8. The molecule has 1 aliphatic rings. The van der Waals surface area contributed by atoms with Crippen LogP contribution in [0.3, 0.4) is 0 Å². The van der Waals surface area contributed by atoms with Crippen LogP contribution in [0, 0.1) is 19.7 Å². The van der Waals surface area contributed by atoms with Gasteiger partial charge in [-0.3, -0.25) is 19.3 Å². The highest BCUT2D eigenvalue weighted by molar-refractivity contribution is 8.18. The summed E-state index contributed by atoms with van der Waals surface area (Å²) >= 11 is 0.866. The molecule has 0 radical (unpaired) electrons. The van der Waals surface area contributed by atoms with Gasteiger partial charge < -0.3 is 5.32 Å². The largest absolute Gasteiger partial charge is 0.350 e. The van der Waals surface area contributed by atoms with E-state index in [2.05, 4.69) is 5.32 Å². The van der Waals surface area contributed by atoms with Crippen LogP contribution in [0.2, 0.25) is 0 Å². The maximum Gasteiger partial charge on any atom is 0.293 e. The Morgan fingerprint density at radius 1 is 1.11 bits per heavy atom. The average molecular weight is 398 g/mol. The third-order valence-corrected chi connectivity index (χ3v) is 5.14. The first kappa shape index (κ1) is 19.8. The molecule has 0 unspecified atom stereocenters. The van der Waals surface area contributed by atoms with Crippen LogP contribution in [0.25, 0.3) is 6.08 Å². The Morgan fingerprint density at radius 3 is 2.50 bits per heavy atom. The fourth-order valence-corrected chi connectivity index (χ4v) is 3.56. The summed E-state index contributed by atoms with van der Waals surface area (Å²) in [6, 6.07) is 11.9. The standard InChI is InChI=1S/C21H19FN2O3S/c1-13-3-6-15(7-4-13)12-18-20(26)24(21(27)28-18)10-9-23-19(25)16-11-14(2)5-8-17(16)22/h3-8,11-12H,9-10H2,1-2H3,(H,23,25)/b18-12-. The normalized spacial score (nSPS) is 15.4. The zero-order valence-electron chi connectivity index (χ0n) is 15.5. The van der Waals surface area contributed by atoms with Crippen molar-refractivity contribution in [3.05, 3.63) is 75.4 Å². The Balaban J connectivity index is 1.61. The van der Waals surface area contributed by atoms with E-state index in [1.165, 1.54) is 12.1 Å². The molecule has 1 fully saturated rings. The lowest BCUT2D eigenvalue weighted by Crippen LogP contribution is -2.37. The van der Waals surface area contributed by atoms with Crippen LogP contribution >= 0.6 is 11.8 Å². The highest BCUT2D eigenvalue weighted by Gasteiger charge is 2.34. The molecular formula is C21H19FN2O3S. The van der Waals surface area contributed by atoms with Crippen molar-refractivity contribution in [1.29, 1.82) is 0 Å². The monoisotopic (exact) mass is 398 g/mol. The van der Waals surface area contributed by atoms with Gasteiger partial charge in [-0.1, -0.05) is 41.5 Å². The molecule has 144 valence electrons. The van der Waals surface area contributed by atoms with Crippen LogP contribution in [0.5, 0.6) is 0 Å². The number of thioether (sulfide) groups is 1. The van der Waals surface area contributed by atoms with Crippen molar-refractivity contribution in [3.63, 3.8) is 0 Å². The quantitative estimate of drug-likeness (QED) is 0.776. The first-order valence-corrected chi connectivity index (χ1v) is 9.53. The summed E-state index contributed by atoms with van der Waals surface area (Å²) in [5.74, 6) is -1.59. The van der Waals surface area contributed by atoms with Gasteiger partial charge in [-0.05, 0) is 49.4 Å². The van der Waals surface area contributed by atoms with Gasteiger partial charge in [0.25, 0.3) is 17.1 Å². The summed E-state index contributed by atoms with van der Waals surface area (Å²) in [5, 5.41) is 2.16. The molecule has 1 N–H and O–H groups in total. The minimum absolute atomic E-state index is 0.0229. The van der Waals surface area contributed by atoms with Gasteiger partial charge in [0.15, 0.2) is 0 Å². The molecule has 3 amide bonds. The predicted molar refractivity (Wildman–Crippen MR) is 107 cm³/mol. The second-order valence-electron chi connectivity index (χ2n) is 6.48. The van der Waals surface area contributed by atoms with Crippen molar-refractivity contribution >= 4 is 34.9 Å². The first-order chi connectivity index (χ1) is 13.3. The van der Waals surface area contributed by atoms with Crippen LogP contribution in [0.15, 0.2) is 47.4 Å². The molecule has 1 aliphatic heterocycles. The minimum Gasteiger partial charge on any atom is -0.350 e. The van der Waals surface area contributed by atoms with E-state index in [-0.39, 0.29) is 23.9 Å². The van der Waals surface area contributed by atoms with Crippen molar-refractivity contribution in [3.8, 4) is 0 Å². The van der Waals surface area contributed by atoms with Gasteiger partial charge in [-0.2, -0.15) is 0 Å². The van der Waals surface area contributed by atoms with Gasteiger partial charge in [0.2, 0.25) is 0 Å². The number of imide groups is 1. The van der Waals surface area contributed by atoms with E-state index >= 15 is 0 Å². The summed E-state index contributed by atoms with van der Waals surface area (Å²) in [6.07, 6.45) is 1.67. The molecular weight excluding hydrogens is 379 g/mol. The highest BCUT2D eigenvalue weighted by Crippen LogP contribution is 2.31. The molecule has 1 heterocycles. The number of halogens is 1. The smallest absolute Gasteiger partial charge is 0.293 e. The topological polar surface area (TPSA) is 66.5 Å². The Bertz CT molecular complexity index is 970. The molecule has 28 heavy (non-hydrogen) atoms. The minimum atomic E-state index is -0.615. The van der Waals surface area contributed by atoms with Gasteiger partial charge in [-0.25, -0.2) is 4.39 Å². The number of benzene rings is 2. The van der Waals surface area contributed by atoms with Gasteiger partial charge in [-0.15, -0.1) is 0 Å². The molecule has 3 rings (SSSR count). The lowest BCUT2D eigenvalue weighted by molar-refractivity contribution is -0.122. The number of hydrogen-bond donors (Lipinski definition) is 1. The summed E-state index contributed by atoms with van der Waals surface area (Å²) in [5.41, 5.74) is 2.64. The van der Waals surface area contributed by atoms with Gasteiger partial charge in [0, 0.05) is 13.1 Å². The fraction of sp³-hybridized carbons (Fsp3) is 0.190. The number of rotatable bonds is 5. The molecule has 0 bridgehead atoms. The van der Waals surface area contributed by atoms with Crippen LogP contribution in [-0.4, -0.2) is 35.0 Å². The van der Waals surface area contributed by atoms with Gasteiger partial charge in [0.05, 0.1) is 10.5 Å². The molecule has 7 heteroatoms. The van der Waals surface area contributed by atoms with Crippen molar-refractivity contribution in [2.45, 2.75) is 13.8 Å². The van der Waals surface area contributed by atoms with E-state index in [1.807, 2.05) is 31.2 Å². The lowest BCUT2D eigenvalue weighted by atomic mass is 10.1. The molecule has 0 spiro atoms. The third kappa shape index (κ3) is 4.48. The number of nitrogens with zero attached hydrogens (tertiary/aromatic N) is 1. The number of aryl methyl sites for hydroxylation is 2. The molecule has 0 aromatic heterocycles. The maximum atomic E-state index is 13.8. The van der Waals surface area contributed by atoms with E-state index in [9.17, 15) is 18.8 Å². The molecule has 0 aliphatic carbocycles. The van der Waals surface area contributed by atoms with E-state index in [1.54, 1.807) is 19.1 Å². The van der Waals surface area contributed by atoms with E-state index < -0.39 is 17.6 Å². The Hall–Kier alpha value is -2.93. The molecule has 2 aromatic carbocycles. The number of amides is 3. The Morgan fingerprint density at radius 2 is 1.79 bits per heavy atom. The van der Waals surface area contributed by atoms with Gasteiger partial charge in [0.1, 0.15) is 5.82 Å². The number of carbonyl (C=O) groups is 3. The summed E-state index contributed by atoms with van der Waals surface area (Å²) in [7, 11) is 0. The molecule has 1 saturated heterocycles. The first-order valence-electron chi connectivity index (χ1n) is 8.71. The molecule has 5 nitrogen and oxygen atoms in total. The molecule has 2 aromatic rings. The van der Waals surface area contributed by atoms with E-state index in [0.717, 1.165) is 33.4 Å². The Labute approximate surface area is 166 Å². The summed E-state index contributed by atoms with van der Waals surface area (Å²) in [6.45, 7) is 3.79. The summed E-state index contributed by atoms with van der Waals surface area (Å²) in [4.78, 5) is 38.2. The lowest BCUT2D eigenvalue weighted by Gasteiger charge is -2.13. The number of hydrogen-bond acceptors (Lipinski definition) is 4. The van der Waals surface area contributed by atoms with Crippen molar-refractivity contribution < 1.29 is 18.8 Å². The van der Waals surface area contributed by atoms with Crippen LogP contribution in [0.1, 0.15) is 27.0 Å². The zero-order chi connectivity index (χ0) is 20.3.